The number of carbonyl (C=O) groups excluding carboxylic acids is 1. The van der Waals surface area contributed by atoms with E-state index in [1.165, 1.54) is 6.07 Å². The van der Waals surface area contributed by atoms with Gasteiger partial charge in [-0.25, -0.2) is 8.78 Å². The Labute approximate surface area is 152 Å². The van der Waals surface area contributed by atoms with Crippen LogP contribution in [0.5, 0.6) is 0 Å². The third kappa shape index (κ3) is 3.41. The topological polar surface area (TPSA) is 73.0 Å². The molecule has 2 aromatic heterocycles. The lowest BCUT2D eigenvalue weighted by atomic mass is 10.1. The highest BCUT2D eigenvalue weighted by molar-refractivity contribution is 5.92. The van der Waals surface area contributed by atoms with Crippen molar-refractivity contribution in [3.8, 4) is 11.5 Å². The van der Waals surface area contributed by atoms with Crippen molar-refractivity contribution in [2.75, 3.05) is 5.32 Å². The smallest absolute Gasteiger partial charge is 0.247 e. The number of benzene rings is 2. The molecular formula is C19H14F2N4O2. The first kappa shape index (κ1) is 16.9. The first-order valence-electron chi connectivity index (χ1n) is 8.14. The number of fused-ring (bicyclic) bond motifs is 1. The van der Waals surface area contributed by atoms with E-state index in [0.717, 1.165) is 28.6 Å². The summed E-state index contributed by atoms with van der Waals surface area (Å²) >= 11 is 0. The lowest BCUT2D eigenvalue weighted by molar-refractivity contribution is -0.116. The largest absolute Gasteiger partial charge is 0.421 e. The first-order chi connectivity index (χ1) is 13.0. The van der Waals surface area contributed by atoms with Gasteiger partial charge in [0.25, 0.3) is 0 Å². The Morgan fingerprint density at radius 3 is 2.70 bits per heavy atom. The minimum atomic E-state index is -1.02. The highest BCUT2D eigenvalue weighted by atomic mass is 19.2. The molecule has 0 aliphatic rings. The van der Waals surface area contributed by atoms with Crippen molar-refractivity contribution in [1.82, 2.24) is 14.8 Å². The van der Waals surface area contributed by atoms with Crippen molar-refractivity contribution in [3.05, 3.63) is 66.2 Å². The number of nitrogens with zero attached hydrogens (tertiary/aromatic N) is 3. The van der Waals surface area contributed by atoms with Crippen LogP contribution >= 0.6 is 0 Å². The van der Waals surface area contributed by atoms with Crippen LogP contribution in [0, 0.1) is 18.6 Å². The Balaban J connectivity index is 1.57. The molecule has 6 nitrogen and oxygen atoms in total. The molecule has 2 heterocycles. The molecule has 0 aliphatic heterocycles. The summed E-state index contributed by atoms with van der Waals surface area (Å²) in [7, 11) is 0. The van der Waals surface area contributed by atoms with Gasteiger partial charge in [-0.1, -0.05) is 6.07 Å². The highest BCUT2D eigenvalue weighted by Crippen LogP contribution is 2.24. The highest BCUT2D eigenvalue weighted by Gasteiger charge is 2.12. The van der Waals surface area contributed by atoms with Crippen LogP contribution in [-0.2, 0) is 11.3 Å². The van der Waals surface area contributed by atoms with Crippen molar-refractivity contribution in [2.24, 2.45) is 0 Å². The average Bonchev–Trinajstić information content (AvgIpc) is 3.24. The number of nitrogens with one attached hydrogen (secondary N) is 1. The molecule has 0 atom stereocenters. The quantitative estimate of drug-likeness (QED) is 0.593. The number of halogens is 2. The maximum atomic E-state index is 13.3. The minimum Gasteiger partial charge on any atom is -0.421 e. The molecule has 2 aromatic carbocycles. The lowest BCUT2D eigenvalue weighted by Gasteiger charge is -2.08. The van der Waals surface area contributed by atoms with Crippen LogP contribution in [0.2, 0.25) is 0 Å². The van der Waals surface area contributed by atoms with Gasteiger partial charge in [-0.3, -0.25) is 4.79 Å². The molecule has 1 N–H and O–H groups in total. The number of aryl methyl sites for hydroxylation is 1. The van der Waals surface area contributed by atoms with Gasteiger partial charge in [0.05, 0.1) is 0 Å². The molecule has 4 aromatic rings. The van der Waals surface area contributed by atoms with E-state index >= 15 is 0 Å². The molecule has 27 heavy (non-hydrogen) atoms. The maximum Gasteiger partial charge on any atom is 0.247 e. The van der Waals surface area contributed by atoms with Gasteiger partial charge >= 0.3 is 0 Å². The van der Waals surface area contributed by atoms with Gasteiger partial charge in [-0.15, -0.1) is 10.2 Å². The Bertz CT molecular complexity index is 1150. The van der Waals surface area contributed by atoms with E-state index in [-0.39, 0.29) is 18.1 Å². The van der Waals surface area contributed by atoms with Crippen molar-refractivity contribution < 1.29 is 18.0 Å². The molecule has 4 rings (SSSR count). The summed E-state index contributed by atoms with van der Waals surface area (Å²) in [6.07, 6.45) is 1.78. The number of hydrogen-bond donors (Lipinski definition) is 1. The van der Waals surface area contributed by atoms with Gasteiger partial charge in [0.15, 0.2) is 11.6 Å². The molecule has 8 heteroatoms. The van der Waals surface area contributed by atoms with E-state index in [1.807, 2.05) is 24.3 Å². The summed E-state index contributed by atoms with van der Waals surface area (Å²) in [5, 5.41) is 11.3. The Hall–Kier alpha value is -3.55. The van der Waals surface area contributed by atoms with Crippen molar-refractivity contribution in [1.29, 1.82) is 0 Å². The molecule has 0 spiro atoms. The van der Waals surface area contributed by atoms with Crippen LogP contribution in [0.25, 0.3) is 22.4 Å². The standard InChI is InChI=1S/C19H14F2N4O2/c1-11-23-24-19(27-11)13-3-2-12-6-7-25(17(12)8-13)10-18(26)22-14-4-5-15(20)16(21)9-14/h2-9H,10H2,1H3,(H,22,26). The molecule has 0 saturated carbocycles. The van der Waals surface area contributed by atoms with E-state index in [0.29, 0.717) is 11.8 Å². The Kier molecular flexibility index (Phi) is 4.15. The average molecular weight is 368 g/mol. The van der Waals surface area contributed by atoms with Gasteiger partial charge in [0.2, 0.25) is 17.7 Å². The fourth-order valence-electron chi connectivity index (χ4n) is 2.80. The van der Waals surface area contributed by atoms with E-state index in [9.17, 15) is 13.6 Å². The number of anilines is 1. The van der Waals surface area contributed by atoms with Crippen LogP contribution in [0.3, 0.4) is 0 Å². The molecular weight excluding hydrogens is 354 g/mol. The summed E-state index contributed by atoms with van der Waals surface area (Å²) in [5.41, 5.74) is 1.74. The molecule has 0 unspecified atom stereocenters. The second-order valence-electron chi connectivity index (χ2n) is 6.02. The van der Waals surface area contributed by atoms with E-state index in [2.05, 4.69) is 15.5 Å². The predicted molar refractivity (Wildman–Crippen MR) is 95.0 cm³/mol. The molecule has 0 aliphatic carbocycles. The SMILES string of the molecule is Cc1nnc(-c2ccc3ccn(CC(=O)Nc4ccc(F)c(F)c4)c3c2)o1. The summed E-state index contributed by atoms with van der Waals surface area (Å²) < 4.78 is 33.4. The molecule has 136 valence electrons. The van der Waals surface area contributed by atoms with Crippen LogP contribution in [0.4, 0.5) is 14.5 Å². The molecule has 0 bridgehead atoms. The molecule has 0 radical (unpaired) electrons. The van der Waals surface area contributed by atoms with Crippen LogP contribution in [0.1, 0.15) is 5.89 Å². The van der Waals surface area contributed by atoms with Gasteiger partial charge in [0.1, 0.15) is 6.54 Å². The van der Waals surface area contributed by atoms with Gasteiger partial charge < -0.3 is 14.3 Å². The fraction of sp³-hybridized carbons (Fsp3) is 0.105. The summed E-state index contributed by atoms with van der Waals surface area (Å²) in [6, 6.07) is 10.7. The first-order valence-corrected chi connectivity index (χ1v) is 8.14. The normalized spacial score (nSPS) is 11.1. The lowest BCUT2D eigenvalue weighted by Crippen LogP contribution is -2.18. The zero-order chi connectivity index (χ0) is 19.0. The third-order valence-electron chi connectivity index (χ3n) is 4.06. The summed E-state index contributed by atoms with van der Waals surface area (Å²) in [4.78, 5) is 12.3. The zero-order valence-corrected chi connectivity index (χ0v) is 14.2. The Morgan fingerprint density at radius 2 is 1.96 bits per heavy atom. The summed E-state index contributed by atoms with van der Waals surface area (Å²) in [6.45, 7) is 1.72. The van der Waals surface area contributed by atoms with Gasteiger partial charge in [0, 0.05) is 36.0 Å². The second kappa shape index (κ2) is 6.64. The van der Waals surface area contributed by atoms with E-state index in [4.69, 9.17) is 4.42 Å². The number of hydrogen-bond acceptors (Lipinski definition) is 4. The zero-order valence-electron chi connectivity index (χ0n) is 14.2. The van der Waals surface area contributed by atoms with Crippen LogP contribution in [-0.4, -0.2) is 20.7 Å². The predicted octanol–water partition coefficient (Wildman–Crippen LogP) is 3.92. The van der Waals surface area contributed by atoms with Crippen molar-refractivity contribution in [2.45, 2.75) is 13.5 Å². The molecule has 0 fully saturated rings. The van der Waals surface area contributed by atoms with Crippen LogP contribution in [0.15, 0.2) is 53.1 Å². The maximum absolute atomic E-state index is 13.3. The number of rotatable bonds is 4. The van der Waals surface area contributed by atoms with E-state index in [1.54, 1.807) is 17.7 Å². The summed E-state index contributed by atoms with van der Waals surface area (Å²) in [5.74, 6) is -1.48. The number of aromatic nitrogens is 3. The van der Waals surface area contributed by atoms with Gasteiger partial charge in [-0.2, -0.15) is 0 Å². The monoisotopic (exact) mass is 368 g/mol. The van der Waals surface area contributed by atoms with Crippen molar-refractivity contribution in [3.63, 3.8) is 0 Å². The molecule has 0 saturated heterocycles. The second-order valence-corrected chi connectivity index (χ2v) is 6.02. The minimum absolute atomic E-state index is 0.00874. The molecule has 1 amide bonds. The van der Waals surface area contributed by atoms with E-state index < -0.39 is 11.6 Å². The number of amides is 1. The van der Waals surface area contributed by atoms with Crippen molar-refractivity contribution >= 4 is 22.5 Å². The fourth-order valence-corrected chi connectivity index (χ4v) is 2.80. The van der Waals surface area contributed by atoms with Crippen LogP contribution < -0.4 is 5.32 Å². The van der Waals surface area contributed by atoms with Gasteiger partial charge in [-0.05, 0) is 35.7 Å². The third-order valence-corrected chi connectivity index (χ3v) is 4.06. The number of carbonyl (C=O) groups is 1. The Morgan fingerprint density at radius 1 is 1.11 bits per heavy atom.